The minimum Gasteiger partial charge on any atom is -0.184 e. The molecule has 2 aliphatic carbocycles. The van der Waals surface area contributed by atoms with Crippen molar-refractivity contribution in [3.8, 4) is 11.1 Å². The van der Waals surface area contributed by atoms with E-state index < -0.39 is 0 Å². The Hall–Kier alpha value is -2.11. The van der Waals surface area contributed by atoms with Gasteiger partial charge in [0, 0.05) is 0 Å². The smallest absolute Gasteiger partial charge is 0.171 e. The summed E-state index contributed by atoms with van der Waals surface area (Å²) >= 11 is 1.30. The second kappa shape index (κ2) is 16.7. The average Bonchev–Trinajstić information content (AvgIpc) is 3.49. The van der Waals surface area contributed by atoms with E-state index in [0.29, 0.717) is 11.3 Å². The first-order valence-corrected chi connectivity index (χ1v) is 16.8. The van der Waals surface area contributed by atoms with Gasteiger partial charge in [-0.15, -0.1) is 5.56 Å². The van der Waals surface area contributed by atoms with Crippen molar-refractivity contribution in [2.24, 2.45) is 11.3 Å². The molecule has 226 valence electrons. The second-order valence-electron chi connectivity index (χ2n) is 13.8. The quantitative estimate of drug-likeness (QED) is 0.168. The molecule has 1 unspecified atom stereocenters. The Labute approximate surface area is 275 Å². The van der Waals surface area contributed by atoms with E-state index >= 15 is 0 Å². The van der Waals surface area contributed by atoms with Crippen molar-refractivity contribution >= 4 is 4.21 Å². The molecule has 5 rings (SSSR count). The van der Waals surface area contributed by atoms with Crippen LogP contribution >= 0.6 is 0 Å². The predicted molar refractivity (Wildman–Crippen MR) is 183 cm³/mol. The van der Waals surface area contributed by atoms with E-state index in [1.165, 1.54) is 68.8 Å². The van der Waals surface area contributed by atoms with Crippen LogP contribution in [-0.2, 0) is 41.5 Å². The van der Waals surface area contributed by atoms with Gasteiger partial charge in [-0.3, -0.25) is 6.08 Å². The van der Waals surface area contributed by atoms with Crippen LogP contribution in [0.3, 0.4) is 0 Å². The Morgan fingerprint density at radius 3 is 1.71 bits per heavy atom. The van der Waals surface area contributed by atoms with Crippen molar-refractivity contribution < 1.29 is 24.2 Å². The minimum atomic E-state index is 0.177. The van der Waals surface area contributed by atoms with Gasteiger partial charge in [-0.2, -0.15) is 84.3 Å². The molecule has 0 aliphatic heterocycles. The molecule has 1 atom stereocenters. The molecule has 0 saturated carbocycles. The van der Waals surface area contributed by atoms with Crippen LogP contribution in [0, 0.1) is 36.5 Å². The van der Waals surface area contributed by atoms with Gasteiger partial charge >= 0.3 is 28.4 Å². The molecule has 0 saturated heterocycles. The minimum absolute atomic E-state index is 0.177. The Kier molecular flexibility index (Phi) is 15.0. The number of fused-ring (bicyclic) bond motifs is 3. The normalized spacial score (nSPS) is 14.9. The predicted octanol–water partition coefficient (Wildman–Crippen LogP) is 11.3. The molecule has 42 heavy (non-hydrogen) atoms. The van der Waals surface area contributed by atoms with Crippen molar-refractivity contribution in [3.05, 3.63) is 125 Å². The van der Waals surface area contributed by atoms with E-state index in [9.17, 15) is 0 Å². The van der Waals surface area contributed by atoms with Crippen LogP contribution in [0.5, 0.6) is 0 Å². The van der Waals surface area contributed by atoms with Crippen LogP contribution < -0.4 is 0 Å². The van der Waals surface area contributed by atoms with Gasteiger partial charge in [0.25, 0.3) is 0 Å². The van der Waals surface area contributed by atoms with Crippen molar-refractivity contribution in [2.75, 3.05) is 0 Å². The van der Waals surface area contributed by atoms with Crippen molar-refractivity contribution in [3.63, 3.8) is 0 Å². The second-order valence-corrected chi connectivity index (χ2v) is 13.8. The molecule has 2 aliphatic rings. The molecule has 0 N–H and O–H groups in total. The summed E-state index contributed by atoms with van der Waals surface area (Å²) in [6, 6.07) is 27.6. The van der Waals surface area contributed by atoms with Crippen molar-refractivity contribution in [1.82, 2.24) is 0 Å². The maximum Gasteiger partial charge on any atom is -0.171 e. The van der Waals surface area contributed by atoms with E-state index in [4.69, 9.17) is 0 Å². The molecule has 0 aromatic heterocycles. The SMILES string of the molecule is CC(C)(C)c1c[c-]c2c(c1)-c1cc(C(C)(C)C)ccc1C2.CC1=[C-]C(C)C=C1C(C)(C)C.[CH2-]C.[CH2]=[Zr].[c-]1ccccc1. The van der Waals surface area contributed by atoms with Gasteiger partial charge in [0.1, 0.15) is 0 Å². The summed E-state index contributed by atoms with van der Waals surface area (Å²) in [5.74, 6) is 0.518. The standard InChI is InChI=1S/C21H25.C11H17.C6H5.C2H5.CH2.Zr/c1-20(2,3)16-9-7-14-11-15-8-10-17(21(4,5)6)13-19(15)18(14)12-16;1-8-6-9(2)10(7-8)11(3,4)5;1-2-4-6-5-3-1;1-2;;/h7,9-10,12-13H,11H2,1-6H3;7-8H,1-5H3;1-5H;1H2,2H3;1H2;/q4*-1;;. The van der Waals surface area contributed by atoms with Crippen LogP contribution in [0.2, 0.25) is 0 Å². The Balaban J connectivity index is 0.000000350. The fourth-order valence-electron chi connectivity index (χ4n) is 4.98. The molecule has 0 radical (unpaired) electrons. The number of allylic oxidation sites excluding steroid dienone is 4. The van der Waals surface area contributed by atoms with E-state index in [2.05, 4.69) is 142 Å². The summed E-state index contributed by atoms with van der Waals surface area (Å²) in [6.07, 6.45) is 6.74. The van der Waals surface area contributed by atoms with E-state index in [1.807, 2.05) is 30.3 Å². The molecule has 3 aromatic rings. The first-order valence-electron chi connectivity index (χ1n) is 15.1. The summed E-state index contributed by atoms with van der Waals surface area (Å²) < 4.78 is 3.34. The molecular weight excluding hydrogens is 584 g/mol. The summed E-state index contributed by atoms with van der Waals surface area (Å²) in [7, 11) is 0. The fraction of sp³-hybridized carbons (Fsp3) is 0.415. The largest absolute Gasteiger partial charge is 0.184 e. The van der Waals surface area contributed by atoms with Gasteiger partial charge in [0.2, 0.25) is 0 Å². The number of rotatable bonds is 0. The zero-order valence-electron chi connectivity index (χ0n) is 28.5. The van der Waals surface area contributed by atoms with Crippen LogP contribution in [0.4, 0.5) is 0 Å². The van der Waals surface area contributed by atoms with E-state index in [0.717, 1.165) is 6.42 Å². The number of hydrogen-bond donors (Lipinski definition) is 0. The monoisotopic (exact) mass is 636 g/mol. The van der Waals surface area contributed by atoms with Gasteiger partial charge in [-0.05, 0) is 17.4 Å². The molecule has 0 nitrogen and oxygen atoms in total. The molecule has 0 bridgehead atoms. The molecule has 0 fully saturated rings. The summed E-state index contributed by atoms with van der Waals surface area (Å²) in [5.41, 5.74) is 11.9. The number of benzene rings is 3. The molecule has 0 heterocycles. The maximum atomic E-state index is 3.53. The first-order chi connectivity index (χ1) is 19.6. The Morgan fingerprint density at radius 1 is 0.786 bits per heavy atom. The third-order valence-corrected chi connectivity index (χ3v) is 7.21. The topological polar surface area (TPSA) is 0 Å². The zero-order valence-corrected chi connectivity index (χ0v) is 31.0. The van der Waals surface area contributed by atoms with Crippen LogP contribution in [0.15, 0.2) is 77.9 Å². The summed E-state index contributed by atoms with van der Waals surface area (Å²) in [5, 5.41) is 0. The fourth-order valence-corrected chi connectivity index (χ4v) is 4.98. The van der Waals surface area contributed by atoms with E-state index in [1.54, 1.807) is 6.92 Å². The maximum absolute atomic E-state index is 3.53. The van der Waals surface area contributed by atoms with Crippen LogP contribution in [-0.4, -0.2) is 4.21 Å². The third-order valence-electron chi connectivity index (χ3n) is 7.21. The van der Waals surface area contributed by atoms with Crippen molar-refractivity contribution in [2.45, 2.75) is 100 Å². The third kappa shape index (κ3) is 11.2. The molecule has 0 spiro atoms. The van der Waals surface area contributed by atoms with Gasteiger partial charge in [0.05, 0.1) is 0 Å². The van der Waals surface area contributed by atoms with E-state index in [-0.39, 0.29) is 10.8 Å². The zero-order chi connectivity index (χ0) is 32.3. The Morgan fingerprint density at radius 2 is 1.33 bits per heavy atom. The molecular formula is C41H54Zr-4. The molecule has 3 aromatic carbocycles. The van der Waals surface area contributed by atoms with Gasteiger partial charge < -0.3 is 6.92 Å². The van der Waals surface area contributed by atoms with Gasteiger partial charge in [0.15, 0.2) is 0 Å². The summed E-state index contributed by atoms with van der Waals surface area (Å²) in [4.78, 5) is 0. The summed E-state index contributed by atoms with van der Waals surface area (Å²) in [6.45, 7) is 29.7. The average molecular weight is 638 g/mol. The molecule has 0 amide bonds. The van der Waals surface area contributed by atoms with Gasteiger partial charge in [-0.25, -0.2) is 5.57 Å². The molecule has 1 heteroatoms. The van der Waals surface area contributed by atoms with Crippen LogP contribution in [0.25, 0.3) is 11.1 Å². The first kappa shape index (κ1) is 37.9. The Bertz CT molecular complexity index is 1210. The van der Waals surface area contributed by atoms with Crippen molar-refractivity contribution in [1.29, 1.82) is 0 Å². The van der Waals surface area contributed by atoms with Gasteiger partial charge in [-0.1, -0.05) is 122 Å². The number of hydrogen-bond acceptors (Lipinski definition) is 0. The van der Waals surface area contributed by atoms with Crippen LogP contribution in [0.1, 0.15) is 105 Å².